The topological polar surface area (TPSA) is 93.0 Å². The summed E-state index contributed by atoms with van der Waals surface area (Å²) < 4.78 is 5.17. The fourth-order valence-electron chi connectivity index (χ4n) is 2.11. The third-order valence-electron chi connectivity index (χ3n) is 3.09. The Morgan fingerprint density at radius 2 is 2.04 bits per heavy atom. The standard InChI is InChI=1S/C17H24N4O2/c1-17(2,3)23-16(22)19-11-13(18)9-14-10-15(21-20-14)12-7-5-4-6-8-12/h4-8,10,13H,9,11,18H2,1-3H3,(H,19,22)(H,20,21). The molecule has 2 aromatic rings. The van der Waals surface area contributed by atoms with Crippen LogP contribution < -0.4 is 11.1 Å². The number of benzene rings is 1. The minimum absolute atomic E-state index is 0.216. The van der Waals surface area contributed by atoms with Crippen LogP contribution in [0.1, 0.15) is 26.5 Å². The molecule has 124 valence electrons. The van der Waals surface area contributed by atoms with Gasteiger partial charge in [0.15, 0.2) is 0 Å². The van der Waals surface area contributed by atoms with Crippen LogP contribution >= 0.6 is 0 Å². The second kappa shape index (κ2) is 7.28. The molecule has 4 N–H and O–H groups in total. The van der Waals surface area contributed by atoms with Crippen molar-refractivity contribution < 1.29 is 9.53 Å². The van der Waals surface area contributed by atoms with Gasteiger partial charge in [-0.3, -0.25) is 5.10 Å². The van der Waals surface area contributed by atoms with E-state index in [4.69, 9.17) is 10.5 Å². The quantitative estimate of drug-likeness (QED) is 0.790. The summed E-state index contributed by atoms with van der Waals surface area (Å²) in [6.07, 6.45) is 0.137. The van der Waals surface area contributed by atoms with Crippen LogP contribution in [0.4, 0.5) is 4.79 Å². The van der Waals surface area contributed by atoms with Gasteiger partial charge in [-0.25, -0.2) is 4.79 Å². The van der Waals surface area contributed by atoms with E-state index in [1.807, 2.05) is 57.2 Å². The number of aromatic amines is 1. The van der Waals surface area contributed by atoms with Crippen LogP contribution in [0.25, 0.3) is 11.3 Å². The van der Waals surface area contributed by atoms with E-state index in [1.165, 1.54) is 0 Å². The molecule has 0 fully saturated rings. The van der Waals surface area contributed by atoms with Crippen molar-refractivity contribution in [3.8, 4) is 11.3 Å². The van der Waals surface area contributed by atoms with Gasteiger partial charge in [0, 0.05) is 30.3 Å². The Labute approximate surface area is 136 Å². The zero-order chi connectivity index (χ0) is 16.9. The summed E-state index contributed by atoms with van der Waals surface area (Å²) in [6.45, 7) is 5.81. The van der Waals surface area contributed by atoms with Gasteiger partial charge in [-0.05, 0) is 26.8 Å². The number of alkyl carbamates (subject to hydrolysis) is 1. The fraction of sp³-hybridized carbons (Fsp3) is 0.412. The van der Waals surface area contributed by atoms with E-state index >= 15 is 0 Å². The number of amides is 1. The zero-order valence-corrected chi connectivity index (χ0v) is 13.8. The molecule has 6 heteroatoms. The minimum Gasteiger partial charge on any atom is -0.444 e. The summed E-state index contributed by atoms with van der Waals surface area (Å²) in [6, 6.07) is 11.7. The molecule has 0 bridgehead atoms. The minimum atomic E-state index is -0.512. The Bertz CT molecular complexity index is 632. The first-order valence-corrected chi connectivity index (χ1v) is 7.65. The van der Waals surface area contributed by atoms with E-state index in [0.29, 0.717) is 13.0 Å². The molecule has 23 heavy (non-hydrogen) atoms. The zero-order valence-electron chi connectivity index (χ0n) is 13.8. The molecule has 6 nitrogen and oxygen atoms in total. The molecule has 1 heterocycles. The van der Waals surface area contributed by atoms with Crippen molar-refractivity contribution in [2.75, 3.05) is 6.54 Å². The van der Waals surface area contributed by atoms with Crippen molar-refractivity contribution >= 4 is 6.09 Å². The van der Waals surface area contributed by atoms with E-state index in [0.717, 1.165) is 17.0 Å². The molecule has 0 spiro atoms. The molecule has 0 aliphatic rings. The van der Waals surface area contributed by atoms with E-state index < -0.39 is 11.7 Å². The monoisotopic (exact) mass is 316 g/mol. The van der Waals surface area contributed by atoms with Gasteiger partial charge < -0.3 is 15.8 Å². The van der Waals surface area contributed by atoms with Crippen LogP contribution in [-0.4, -0.2) is 34.5 Å². The molecule has 2 rings (SSSR count). The number of nitrogens with one attached hydrogen (secondary N) is 2. The van der Waals surface area contributed by atoms with Gasteiger partial charge in [0.2, 0.25) is 0 Å². The van der Waals surface area contributed by atoms with Crippen molar-refractivity contribution in [1.29, 1.82) is 0 Å². The van der Waals surface area contributed by atoms with Crippen molar-refractivity contribution in [2.24, 2.45) is 5.73 Å². The Kier molecular flexibility index (Phi) is 5.39. The highest BCUT2D eigenvalue weighted by molar-refractivity contribution is 5.67. The first kappa shape index (κ1) is 17.0. The smallest absolute Gasteiger partial charge is 0.407 e. The number of aromatic nitrogens is 2. The molecule has 1 unspecified atom stereocenters. The molecule has 1 aromatic heterocycles. The van der Waals surface area contributed by atoms with Crippen LogP contribution in [0.2, 0.25) is 0 Å². The summed E-state index contributed by atoms with van der Waals surface area (Å²) in [5, 5.41) is 9.95. The highest BCUT2D eigenvalue weighted by Gasteiger charge is 2.17. The van der Waals surface area contributed by atoms with Gasteiger partial charge in [0.25, 0.3) is 0 Å². The highest BCUT2D eigenvalue weighted by Crippen LogP contribution is 2.17. The lowest BCUT2D eigenvalue weighted by Gasteiger charge is -2.20. The molecule has 0 saturated heterocycles. The number of H-pyrrole nitrogens is 1. The lowest BCUT2D eigenvalue weighted by Crippen LogP contribution is -2.41. The number of carbonyl (C=O) groups is 1. The fourth-order valence-corrected chi connectivity index (χ4v) is 2.11. The van der Waals surface area contributed by atoms with Gasteiger partial charge in [-0.15, -0.1) is 0 Å². The molecule has 0 aliphatic heterocycles. The van der Waals surface area contributed by atoms with E-state index in [9.17, 15) is 4.79 Å². The van der Waals surface area contributed by atoms with E-state index in [2.05, 4.69) is 15.5 Å². The molecular weight excluding hydrogens is 292 g/mol. The van der Waals surface area contributed by atoms with Gasteiger partial charge in [-0.2, -0.15) is 5.10 Å². The first-order chi connectivity index (χ1) is 10.8. The second-order valence-corrected chi connectivity index (χ2v) is 6.49. The van der Waals surface area contributed by atoms with Gasteiger partial charge in [0.1, 0.15) is 5.60 Å². The van der Waals surface area contributed by atoms with Crippen LogP contribution in [0.15, 0.2) is 36.4 Å². The maximum atomic E-state index is 11.6. The first-order valence-electron chi connectivity index (χ1n) is 7.65. The van der Waals surface area contributed by atoms with Crippen molar-refractivity contribution in [3.63, 3.8) is 0 Å². The van der Waals surface area contributed by atoms with Crippen LogP contribution in [0.5, 0.6) is 0 Å². The number of nitrogens with zero attached hydrogens (tertiary/aromatic N) is 1. The number of hydrogen-bond donors (Lipinski definition) is 3. The summed E-state index contributed by atoms with van der Waals surface area (Å²) in [5.74, 6) is 0. The molecule has 0 radical (unpaired) electrons. The Morgan fingerprint density at radius 3 is 2.70 bits per heavy atom. The Hall–Kier alpha value is -2.34. The summed E-state index contributed by atoms with van der Waals surface area (Å²) in [4.78, 5) is 11.6. The average molecular weight is 316 g/mol. The molecule has 1 aromatic carbocycles. The maximum Gasteiger partial charge on any atom is 0.407 e. The predicted octanol–water partition coefficient (Wildman–Crippen LogP) is 2.47. The average Bonchev–Trinajstić information content (AvgIpc) is 2.93. The number of rotatable bonds is 5. The molecule has 0 saturated carbocycles. The van der Waals surface area contributed by atoms with Crippen LogP contribution in [0.3, 0.4) is 0 Å². The summed E-state index contributed by atoms with van der Waals surface area (Å²) >= 11 is 0. The number of ether oxygens (including phenoxy) is 1. The Morgan fingerprint density at radius 1 is 1.35 bits per heavy atom. The molecule has 0 aliphatic carbocycles. The normalized spacial score (nSPS) is 12.7. The highest BCUT2D eigenvalue weighted by atomic mass is 16.6. The Balaban J connectivity index is 1.83. The van der Waals surface area contributed by atoms with Crippen molar-refractivity contribution in [2.45, 2.75) is 38.8 Å². The van der Waals surface area contributed by atoms with E-state index in [-0.39, 0.29) is 6.04 Å². The summed E-state index contributed by atoms with van der Waals surface area (Å²) in [5.41, 5.74) is 8.40. The number of hydrogen-bond acceptors (Lipinski definition) is 4. The summed E-state index contributed by atoms with van der Waals surface area (Å²) in [7, 11) is 0. The molecule has 1 amide bonds. The third kappa shape index (κ3) is 5.75. The number of nitrogens with two attached hydrogens (primary N) is 1. The van der Waals surface area contributed by atoms with E-state index in [1.54, 1.807) is 0 Å². The maximum absolute atomic E-state index is 11.6. The van der Waals surface area contributed by atoms with Crippen molar-refractivity contribution in [3.05, 3.63) is 42.1 Å². The SMILES string of the molecule is CC(C)(C)OC(=O)NCC(N)Cc1cc(-c2ccccc2)n[nH]1. The van der Waals surface area contributed by atoms with Gasteiger partial charge >= 0.3 is 6.09 Å². The second-order valence-electron chi connectivity index (χ2n) is 6.49. The van der Waals surface area contributed by atoms with Crippen LogP contribution in [0, 0.1) is 0 Å². The lowest BCUT2D eigenvalue weighted by molar-refractivity contribution is 0.0524. The van der Waals surface area contributed by atoms with Gasteiger partial charge in [0.05, 0.1) is 5.69 Å². The van der Waals surface area contributed by atoms with Crippen LogP contribution in [-0.2, 0) is 11.2 Å². The lowest BCUT2D eigenvalue weighted by atomic mass is 10.1. The number of carbonyl (C=O) groups excluding carboxylic acids is 1. The van der Waals surface area contributed by atoms with Gasteiger partial charge in [-0.1, -0.05) is 30.3 Å². The largest absolute Gasteiger partial charge is 0.444 e. The van der Waals surface area contributed by atoms with Crippen molar-refractivity contribution in [1.82, 2.24) is 15.5 Å². The molecular formula is C17H24N4O2. The third-order valence-corrected chi connectivity index (χ3v) is 3.09. The predicted molar refractivity (Wildman–Crippen MR) is 89.9 cm³/mol. The molecule has 1 atom stereocenters.